The van der Waals surface area contributed by atoms with Crippen LogP contribution in [0.25, 0.3) is 0 Å². The summed E-state index contributed by atoms with van der Waals surface area (Å²) in [7, 11) is 1.93. The van der Waals surface area contributed by atoms with Crippen molar-refractivity contribution in [3.63, 3.8) is 0 Å². The molecule has 0 aliphatic heterocycles. The van der Waals surface area contributed by atoms with Gasteiger partial charge in [-0.05, 0) is 7.05 Å². The fraction of sp³-hybridized carbons (Fsp3) is 1.00. The summed E-state index contributed by atoms with van der Waals surface area (Å²) in [5, 5.41) is 6.17. The SMILES string of the molecule is Br.Br.Br.CNCCNCCN. The summed E-state index contributed by atoms with van der Waals surface area (Å²) in [6.45, 7) is 3.67. The molecule has 74 valence electrons. The zero-order valence-corrected chi connectivity index (χ0v) is 11.8. The molecule has 0 heterocycles. The maximum absolute atomic E-state index is 5.23. The minimum Gasteiger partial charge on any atom is -0.329 e. The van der Waals surface area contributed by atoms with E-state index < -0.39 is 0 Å². The van der Waals surface area contributed by atoms with Crippen LogP contribution >= 0.6 is 50.9 Å². The Morgan fingerprint density at radius 2 is 1.55 bits per heavy atom. The third kappa shape index (κ3) is 24.6. The van der Waals surface area contributed by atoms with Gasteiger partial charge in [-0.2, -0.15) is 0 Å². The Bertz CT molecular complexity index is 42.0. The lowest BCUT2D eigenvalue weighted by Gasteiger charge is -1.99. The van der Waals surface area contributed by atoms with Crippen LogP contribution in [0.15, 0.2) is 0 Å². The molecular formula is C5H18Br3N3. The van der Waals surface area contributed by atoms with Crippen LogP contribution in [0.4, 0.5) is 0 Å². The molecule has 0 fully saturated rings. The minimum atomic E-state index is 0. The number of hydrogen-bond acceptors (Lipinski definition) is 3. The van der Waals surface area contributed by atoms with E-state index in [1.807, 2.05) is 7.05 Å². The largest absolute Gasteiger partial charge is 0.329 e. The van der Waals surface area contributed by atoms with Gasteiger partial charge in [0.2, 0.25) is 0 Å². The highest BCUT2D eigenvalue weighted by Gasteiger charge is 1.79. The van der Waals surface area contributed by atoms with E-state index in [4.69, 9.17) is 5.73 Å². The molecule has 0 atom stereocenters. The van der Waals surface area contributed by atoms with Crippen molar-refractivity contribution >= 4 is 50.9 Å². The Labute approximate surface area is 100 Å². The number of nitrogens with two attached hydrogens (primary N) is 1. The third-order valence-electron chi connectivity index (χ3n) is 0.873. The zero-order chi connectivity index (χ0) is 6.24. The second-order valence-corrected chi connectivity index (χ2v) is 1.64. The van der Waals surface area contributed by atoms with Crippen molar-refractivity contribution in [3.05, 3.63) is 0 Å². The molecule has 0 unspecified atom stereocenters. The van der Waals surface area contributed by atoms with Gasteiger partial charge in [0.05, 0.1) is 0 Å². The molecule has 0 aliphatic carbocycles. The molecule has 0 spiro atoms. The smallest absolute Gasteiger partial charge is 0.00771 e. The maximum Gasteiger partial charge on any atom is 0.00771 e. The van der Waals surface area contributed by atoms with Crippen molar-refractivity contribution in [1.29, 1.82) is 0 Å². The third-order valence-corrected chi connectivity index (χ3v) is 0.873. The van der Waals surface area contributed by atoms with Crippen LogP contribution in [-0.4, -0.2) is 33.2 Å². The van der Waals surface area contributed by atoms with Gasteiger partial charge in [-0.3, -0.25) is 0 Å². The van der Waals surface area contributed by atoms with Crippen LogP contribution in [0.3, 0.4) is 0 Å². The van der Waals surface area contributed by atoms with Crippen LogP contribution < -0.4 is 16.4 Å². The highest BCUT2D eigenvalue weighted by Crippen LogP contribution is 1.53. The van der Waals surface area contributed by atoms with Crippen molar-refractivity contribution in [3.8, 4) is 0 Å². The van der Waals surface area contributed by atoms with Crippen molar-refractivity contribution < 1.29 is 0 Å². The quantitative estimate of drug-likeness (QED) is 0.626. The first-order chi connectivity index (χ1) is 3.91. The van der Waals surface area contributed by atoms with Gasteiger partial charge in [0.15, 0.2) is 0 Å². The topological polar surface area (TPSA) is 50.1 Å². The second kappa shape index (κ2) is 22.5. The van der Waals surface area contributed by atoms with E-state index in [2.05, 4.69) is 10.6 Å². The molecule has 0 bridgehead atoms. The lowest BCUT2D eigenvalue weighted by molar-refractivity contribution is 0.654. The molecule has 0 amide bonds. The van der Waals surface area contributed by atoms with Crippen LogP contribution in [-0.2, 0) is 0 Å². The van der Waals surface area contributed by atoms with Gasteiger partial charge in [-0.1, -0.05) is 0 Å². The first-order valence-electron chi connectivity index (χ1n) is 2.97. The van der Waals surface area contributed by atoms with Gasteiger partial charge >= 0.3 is 0 Å². The fourth-order valence-corrected chi connectivity index (χ4v) is 0.440. The number of likely N-dealkylation sites (N-methyl/N-ethyl adjacent to an activating group) is 1. The summed E-state index contributed by atoms with van der Waals surface area (Å²) in [5.74, 6) is 0. The van der Waals surface area contributed by atoms with E-state index in [0.29, 0.717) is 0 Å². The molecule has 0 aromatic rings. The molecule has 6 heteroatoms. The van der Waals surface area contributed by atoms with E-state index in [9.17, 15) is 0 Å². The van der Waals surface area contributed by atoms with E-state index in [-0.39, 0.29) is 50.9 Å². The van der Waals surface area contributed by atoms with Crippen molar-refractivity contribution in [2.24, 2.45) is 5.73 Å². The summed E-state index contributed by atoms with van der Waals surface area (Å²) in [6.07, 6.45) is 0. The Morgan fingerprint density at radius 3 is 1.91 bits per heavy atom. The van der Waals surface area contributed by atoms with Crippen molar-refractivity contribution in [2.45, 2.75) is 0 Å². The molecule has 3 nitrogen and oxygen atoms in total. The minimum absolute atomic E-state index is 0. The first kappa shape index (κ1) is 22.8. The van der Waals surface area contributed by atoms with Crippen LogP contribution in [0, 0.1) is 0 Å². The Hall–Kier alpha value is 1.32. The number of nitrogens with one attached hydrogen (secondary N) is 2. The van der Waals surface area contributed by atoms with Gasteiger partial charge in [0, 0.05) is 26.2 Å². The van der Waals surface area contributed by atoms with Crippen LogP contribution in [0.1, 0.15) is 0 Å². The number of hydrogen-bond donors (Lipinski definition) is 3. The Kier molecular flexibility index (Phi) is 46.6. The summed E-state index contributed by atoms with van der Waals surface area (Å²) >= 11 is 0. The molecule has 0 radical (unpaired) electrons. The Morgan fingerprint density at radius 1 is 1.00 bits per heavy atom. The van der Waals surface area contributed by atoms with Crippen molar-refractivity contribution in [1.82, 2.24) is 10.6 Å². The standard InChI is InChI=1S/C5H15N3.3BrH/c1-7-4-5-8-3-2-6;;;/h7-8H,2-6H2,1H3;3*1H. The van der Waals surface area contributed by atoms with Crippen LogP contribution in [0.5, 0.6) is 0 Å². The molecule has 4 N–H and O–H groups in total. The summed E-state index contributed by atoms with van der Waals surface area (Å²) < 4.78 is 0. The monoisotopic (exact) mass is 357 g/mol. The molecule has 0 saturated carbocycles. The molecule has 0 rings (SSSR count). The molecule has 0 saturated heterocycles. The predicted molar refractivity (Wildman–Crippen MR) is 66.8 cm³/mol. The van der Waals surface area contributed by atoms with Gasteiger partial charge in [-0.25, -0.2) is 0 Å². The first-order valence-corrected chi connectivity index (χ1v) is 2.97. The summed E-state index contributed by atoms with van der Waals surface area (Å²) in [4.78, 5) is 0. The van der Waals surface area contributed by atoms with Crippen molar-refractivity contribution in [2.75, 3.05) is 33.2 Å². The molecule has 0 aliphatic rings. The zero-order valence-electron chi connectivity index (χ0n) is 6.63. The Balaban J connectivity index is -0.0000000817. The van der Waals surface area contributed by atoms with E-state index in [0.717, 1.165) is 26.2 Å². The van der Waals surface area contributed by atoms with Gasteiger partial charge < -0.3 is 16.4 Å². The molecular weight excluding hydrogens is 342 g/mol. The molecule has 0 aromatic heterocycles. The normalized spacial score (nSPS) is 7.09. The van der Waals surface area contributed by atoms with E-state index >= 15 is 0 Å². The average Bonchev–Trinajstić information content (AvgIpc) is 1.81. The fourth-order valence-electron chi connectivity index (χ4n) is 0.440. The second-order valence-electron chi connectivity index (χ2n) is 1.64. The van der Waals surface area contributed by atoms with E-state index in [1.165, 1.54) is 0 Å². The van der Waals surface area contributed by atoms with Crippen LogP contribution in [0.2, 0.25) is 0 Å². The predicted octanol–water partition coefficient (Wildman–Crippen LogP) is 0.488. The summed E-state index contributed by atoms with van der Waals surface area (Å²) in [5.41, 5.74) is 5.23. The average molecular weight is 360 g/mol. The molecule has 0 aromatic carbocycles. The maximum atomic E-state index is 5.23. The van der Waals surface area contributed by atoms with Gasteiger partial charge in [0.25, 0.3) is 0 Å². The number of rotatable bonds is 5. The highest BCUT2D eigenvalue weighted by atomic mass is 79.9. The molecule has 11 heavy (non-hydrogen) atoms. The van der Waals surface area contributed by atoms with E-state index in [1.54, 1.807) is 0 Å². The summed E-state index contributed by atoms with van der Waals surface area (Å²) in [6, 6.07) is 0. The van der Waals surface area contributed by atoms with Gasteiger partial charge in [-0.15, -0.1) is 50.9 Å². The lowest BCUT2D eigenvalue weighted by Crippen LogP contribution is -2.29. The van der Waals surface area contributed by atoms with Gasteiger partial charge in [0.1, 0.15) is 0 Å². The highest BCUT2D eigenvalue weighted by molar-refractivity contribution is 8.93. The lowest BCUT2D eigenvalue weighted by atomic mass is 10.6. The number of halogens is 3.